The van der Waals surface area contributed by atoms with Crippen molar-refractivity contribution in [2.45, 2.75) is 6.92 Å². The molecule has 1 heteroatoms. The summed E-state index contributed by atoms with van der Waals surface area (Å²) in [7, 11) is 0. The van der Waals surface area contributed by atoms with Crippen LogP contribution in [0.4, 0.5) is 0 Å². The number of carbonyl (C=O) groups is 1. The predicted molar refractivity (Wildman–Crippen MR) is 53.7 cm³/mol. The normalized spacial score (nSPS) is 13.9. The zero-order chi connectivity index (χ0) is 9.42. The molecule has 0 bridgehead atoms. The average molecular weight is 170 g/mol. The Labute approximate surface area is 77.4 Å². The first kappa shape index (κ1) is 7.99. The van der Waals surface area contributed by atoms with E-state index in [9.17, 15) is 4.79 Å². The first-order valence-electron chi connectivity index (χ1n) is 4.22. The molecule has 0 spiro atoms. The van der Waals surface area contributed by atoms with Gasteiger partial charge in [0.25, 0.3) is 0 Å². The molecular weight excluding hydrogens is 160 g/mol. The summed E-state index contributed by atoms with van der Waals surface area (Å²) >= 11 is 0. The third-order valence-corrected chi connectivity index (χ3v) is 2.24. The fourth-order valence-corrected chi connectivity index (χ4v) is 1.55. The highest BCUT2D eigenvalue weighted by Crippen LogP contribution is 2.26. The van der Waals surface area contributed by atoms with Gasteiger partial charge in [-0.1, -0.05) is 36.4 Å². The number of Topliss-reactive ketones (excluding diaryl/α,β-unsaturated/α-hetero) is 1. The molecule has 1 aromatic carbocycles. The van der Waals surface area contributed by atoms with E-state index in [1.807, 2.05) is 31.2 Å². The van der Waals surface area contributed by atoms with Crippen molar-refractivity contribution in [1.82, 2.24) is 0 Å². The van der Waals surface area contributed by atoms with E-state index >= 15 is 0 Å². The summed E-state index contributed by atoms with van der Waals surface area (Å²) in [5.74, 6) is 0.0880. The Balaban J connectivity index is 2.61. The number of benzene rings is 1. The summed E-state index contributed by atoms with van der Waals surface area (Å²) in [4.78, 5) is 11.6. The molecule has 0 heterocycles. The maximum atomic E-state index is 11.6. The van der Waals surface area contributed by atoms with E-state index in [-0.39, 0.29) is 5.78 Å². The van der Waals surface area contributed by atoms with Crippen molar-refractivity contribution >= 4 is 11.9 Å². The Hall–Kier alpha value is -1.63. The number of hydrogen-bond donors (Lipinski definition) is 0. The molecule has 0 amide bonds. The van der Waals surface area contributed by atoms with Gasteiger partial charge in [0.1, 0.15) is 0 Å². The molecule has 1 aliphatic carbocycles. The van der Waals surface area contributed by atoms with Crippen LogP contribution in [0.1, 0.15) is 21.5 Å². The van der Waals surface area contributed by atoms with E-state index < -0.39 is 0 Å². The number of rotatable bonds is 1. The lowest BCUT2D eigenvalue weighted by Crippen LogP contribution is -1.95. The van der Waals surface area contributed by atoms with Gasteiger partial charge in [-0.3, -0.25) is 4.79 Å². The SMILES string of the molecule is C=CC1=Cc2cc(C)ccc2C1=O. The van der Waals surface area contributed by atoms with Crippen molar-refractivity contribution in [3.8, 4) is 0 Å². The van der Waals surface area contributed by atoms with Crippen molar-refractivity contribution in [2.75, 3.05) is 0 Å². The Morgan fingerprint density at radius 1 is 1.38 bits per heavy atom. The van der Waals surface area contributed by atoms with Gasteiger partial charge in [-0.05, 0) is 18.6 Å². The van der Waals surface area contributed by atoms with Crippen LogP contribution in [0.25, 0.3) is 6.08 Å². The Kier molecular flexibility index (Phi) is 1.66. The van der Waals surface area contributed by atoms with Gasteiger partial charge < -0.3 is 0 Å². The molecule has 0 saturated heterocycles. The second-order valence-corrected chi connectivity index (χ2v) is 3.22. The van der Waals surface area contributed by atoms with Crippen LogP contribution in [0.2, 0.25) is 0 Å². The summed E-state index contributed by atoms with van der Waals surface area (Å²) in [6, 6.07) is 5.85. The molecule has 0 atom stereocenters. The highest BCUT2D eigenvalue weighted by Gasteiger charge is 2.19. The highest BCUT2D eigenvalue weighted by molar-refractivity contribution is 6.19. The number of carbonyl (C=O) groups excluding carboxylic acids is 1. The second-order valence-electron chi connectivity index (χ2n) is 3.22. The number of hydrogen-bond acceptors (Lipinski definition) is 1. The van der Waals surface area contributed by atoms with Gasteiger partial charge in [0.15, 0.2) is 5.78 Å². The molecule has 1 aliphatic rings. The average Bonchev–Trinajstić information content (AvgIpc) is 2.42. The minimum Gasteiger partial charge on any atom is -0.289 e. The maximum absolute atomic E-state index is 11.6. The maximum Gasteiger partial charge on any atom is 0.193 e. The van der Waals surface area contributed by atoms with Crippen molar-refractivity contribution in [2.24, 2.45) is 0 Å². The molecule has 1 aromatic rings. The Morgan fingerprint density at radius 2 is 2.15 bits per heavy atom. The minimum atomic E-state index is 0.0880. The number of fused-ring (bicyclic) bond motifs is 1. The summed E-state index contributed by atoms with van der Waals surface area (Å²) in [6.45, 7) is 5.63. The second kappa shape index (κ2) is 2.70. The first-order chi connectivity index (χ1) is 6.22. The van der Waals surface area contributed by atoms with Crippen LogP contribution in [-0.4, -0.2) is 5.78 Å². The third-order valence-electron chi connectivity index (χ3n) is 2.24. The standard InChI is InChI=1S/C12H10O/c1-3-9-7-10-6-8(2)4-5-11(10)12(9)13/h3-7H,1H2,2H3. The van der Waals surface area contributed by atoms with E-state index in [0.29, 0.717) is 5.57 Å². The fourth-order valence-electron chi connectivity index (χ4n) is 1.55. The molecule has 0 unspecified atom stereocenters. The monoisotopic (exact) mass is 170 g/mol. The summed E-state index contributed by atoms with van der Waals surface area (Å²) < 4.78 is 0. The first-order valence-corrected chi connectivity index (χ1v) is 4.22. The van der Waals surface area contributed by atoms with Crippen LogP contribution in [0.3, 0.4) is 0 Å². The molecule has 0 saturated carbocycles. The van der Waals surface area contributed by atoms with Gasteiger partial charge >= 0.3 is 0 Å². The van der Waals surface area contributed by atoms with E-state index in [4.69, 9.17) is 0 Å². The lowest BCUT2D eigenvalue weighted by molar-refractivity contribution is 0.104. The van der Waals surface area contributed by atoms with Crippen LogP contribution < -0.4 is 0 Å². The molecule has 0 radical (unpaired) electrons. The van der Waals surface area contributed by atoms with Crippen LogP contribution in [0.5, 0.6) is 0 Å². The van der Waals surface area contributed by atoms with Gasteiger partial charge in [-0.2, -0.15) is 0 Å². The third kappa shape index (κ3) is 1.13. The zero-order valence-electron chi connectivity index (χ0n) is 7.50. The van der Waals surface area contributed by atoms with E-state index in [1.54, 1.807) is 6.08 Å². The molecule has 0 aliphatic heterocycles. The number of aryl methyl sites for hydroxylation is 1. The minimum absolute atomic E-state index is 0.0880. The van der Waals surface area contributed by atoms with Crippen molar-refractivity contribution in [3.63, 3.8) is 0 Å². The van der Waals surface area contributed by atoms with Gasteiger partial charge in [-0.15, -0.1) is 0 Å². The van der Waals surface area contributed by atoms with Crippen molar-refractivity contribution in [1.29, 1.82) is 0 Å². The largest absolute Gasteiger partial charge is 0.289 e. The summed E-state index contributed by atoms with van der Waals surface area (Å²) in [6.07, 6.45) is 3.50. The number of allylic oxidation sites excluding steroid dienone is 2. The molecular formula is C12H10O. The van der Waals surface area contributed by atoms with Gasteiger partial charge in [0.2, 0.25) is 0 Å². The molecule has 64 valence electrons. The van der Waals surface area contributed by atoms with Crippen LogP contribution >= 0.6 is 0 Å². The Bertz CT molecular complexity index is 425. The van der Waals surface area contributed by atoms with Gasteiger partial charge in [0, 0.05) is 11.1 Å². The van der Waals surface area contributed by atoms with Crippen LogP contribution in [0, 0.1) is 6.92 Å². The quantitative estimate of drug-likeness (QED) is 0.633. The molecule has 0 N–H and O–H groups in total. The predicted octanol–water partition coefficient (Wildman–Crippen LogP) is 2.76. The molecule has 0 fully saturated rings. The van der Waals surface area contributed by atoms with Crippen LogP contribution in [-0.2, 0) is 0 Å². The molecule has 0 aromatic heterocycles. The highest BCUT2D eigenvalue weighted by atomic mass is 16.1. The smallest absolute Gasteiger partial charge is 0.193 e. The van der Waals surface area contributed by atoms with E-state index in [1.165, 1.54) is 5.56 Å². The summed E-state index contributed by atoms with van der Waals surface area (Å²) in [5, 5.41) is 0. The number of ketones is 1. The Morgan fingerprint density at radius 3 is 2.85 bits per heavy atom. The molecule has 1 nitrogen and oxygen atoms in total. The lowest BCUT2D eigenvalue weighted by Gasteiger charge is -1.97. The summed E-state index contributed by atoms with van der Waals surface area (Å²) in [5.41, 5.74) is 3.68. The lowest BCUT2D eigenvalue weighted by atomic mass is 10.1. The topological polar surface area (TPSA) is 17.1 Å². The van der Waals surface area contributed by atoms with Gasteiger partial charge in [0.05, 0.1) is 0 Å². The van der Waals surface area contributed by atoms with Crippen LogP contribution in [0.15, 0.2) is 36.4 Å². The van der Waals surface area contributed by atoms with E-state index in [2.05, 4.69) is 6.58 Å². The molecule has 2 rings (SSSR count). The fraction of sp³-hybridized carbons (Fsp3) is 0.0833. The van der Waals surface area contributed by atoms with E-state index in [0.717, 1.165) is 11.1 Å². The van der Waals surface area contributed by atoms with Crippen molar-refractivity contribution in [3.05, 3.63) is 53.1 Å². The zero-order valence-corrected chi connectivity index (χ0v) is 7.50. The van der Waals surface area contributed by atoms with Crippen molar-refractivity contribution < 1.29 is 4.79 Å². The molecule has 13 heavy (non-hydrogen) atoms. The van der Waals surface area contributed by atoms with Gasteiger partial charge in [-0.25, -0.2) is 0 Å².